The highest BCUT2D eigenvalue weighted by molar-refractivity contribution is 6.30. The van der Waals surface area contributed by atoms with Crippen molar-refractivity contribution in [3.8, 4) is 5.69 Å². The van der Waals surface area contributed by atoms with Crippen LogP contribution in [0.2, 0.25) is 5.02 Å². The van der Waals surface area contributed by atoms with Crippen molar-refractivity contribution in [2.45, 2.75) is 39.7 Å². The van der Waals surface area contributed by atoms with E-state index in [1.807, 2.05) is 28.9 Å². The van der Waals surface area contributed by atoms with Crippen LogP contribution in [0.25, 0.3) is 5.69 Å². The lowest BCUT2D eigenvalue weighted by Gasteiger charge is -2.15. The number of aromatic nitrogens is 3. The minimum absolute atomic E-state index is 0.260. The molecule has 1 N–H and O–H groups in total. The van der Waals surface area contributed by atoms with E-state index in [4.69, 9.17) is 11.6 Å². The van der Waals surface area contributed by atoms with Crippen molar-refractivity contribution < 1.29 is 0 Å². The Kier molecular flexibility index (Phi) is 5.15. The van der Waals surface area contributed by atoms with E-state index >= 15 is 0 Å². The third-order valence-corrected chi connectivity index (χ3v) is 3.64. The average Bonchev–Trinajstić information content (AvgIpc) is 2.89. The minimum Gasteiger partial charge on any atom is -0.309 e. The molecule has 0 aliphatic heterocycles. The highest BCUT2D eigenvalue weighted by atomic mass is 35.5. The SMILES string of the molecule is CCNC(CC)c1nnn(-c2ccc(Cl)cc2)c1CC. The molecule has 1 aromatic heterocycles. The number of nitrogens with zero attached hydrogens (tertiary/aromatic N) is 3. The first-order valence-corrected chi connectivity index (χ1v) is 7.52. The van der Waals surface area contributed by atoms with E-state index in [0.29, 0.717) is 0 Å². The first-order chi connectivity index (χ1) is 9.71. The second-order valence-corrected chi connectivity index (χ2v) is 5.12. The van der Waals surface area contributed by atoms with Crippen LogP contribution in [0.3, 0.4) is 0 Å². The molecule has 0 spiro atoms. The molecule has 1 heterocycles. The maximum atomic E-state index is 5.94. The molecule has 4 nitrogen and oxygen atoms in total. The van der Waals surface area contributed by atoms with Crippen LogP contribution >= 0.6 is 11.6 Å². The largest absolute Gasteiger partial charge is 0.309 e. The van der Waals surface area contributed by atoms with Crippen LogP contribution < -0.4 is 5.32 Å². The summed E-state index contributed by atoms with van der Waals surface area (Å²) < 4.78 is 1.91. The summed E-state index contributed by atoms with van der Waals surface area (Å²) in [6.45, 7) is 7.33. The van der Waals surface area contributed by atoms with E-state index < -0.39 is 0 Å². The summed E-state index contributed by atoms with van der Waals surface area (Å²) in [5.74, 6) is 0. The summed E-state index contributed by atoms with van der Waals surface area (Å²) in [5, 5.41) is 12.9. The monoisotopic (exact) mass is 292 g/mol. The molecular weight excluding hydrogens is 272 g/mol. The number of halogens is 1. The van der Waals surface area contributed by atoms with E-state index in [2.05, 4.69) is 36.4 Å². The minimum atomic E-state index is 0.260. The first kappa shape index (κ1) is 15.0. The van der Waals surface area contributed by atoms with Gasteiger partial charge >= 0.3 is 0 Å². The average molecular weight is 293 g/mol. The van der Waals surface area contributed by atoms with Gasteiger partial charge in [0.1, 0.15) is 5.69 Å². The van der Waals surface area contributed by atoms with E-state index in [1.54, 1.807) is 0 Å². The topological polar surface area (TPSA) is 42.7 Å². The number of nitrogens with one attached hydrogen (secondary N) is 1. The standard InChI is InChI=1S/C15H21ClN4/c1-4-13(17-6-3)15-14(5-2)20(19-18-15)12-9-7-11(16)8-10-12/h7-10,13,17H,4-6H2,1-3H3. The van der Waals surface area contributed by atoms with Gasteiger partial charge < -0.3 is 5.32 Å². The maximum Gasteiger partial charge on any atom is 0.103 e. The Balaban J connectivity index is 2.40. The lowest BCUT2D eigenvalue weighted by atomic mass is 10.1. The molecule has 0 saturated carbocycles. The molecule has 108 valence electrons. The number of benzene rings is 1. The third-order valence-electron chi connectivity index (χ3n) is 3.39. The molecule has 5 heteroatoms. The fourth-order valence-corrected chi connectivity index (χ4v) is 2.51. The molecule has 0 fully saturated rings. The van der Waals surface area contributed by atoms with Crippen LogP contribution in [-0.4, -0.2) is 21.5 Å². The second kappa shape index (κ2) is 6.86. The molecule has 20 heavy (non-hydrogen) atoms. The molecule has 0 radical (unpaired) electrons. The zero-order chi connectivity index (χ0) is 14.5. The quantitative estimate of drug-likeness (QED) is 0.885. The van der Waals surface area contributed by atoms with Crippen molar-refractivity contribution in [1.29, 1.82) is 0 Å². The molecule has 1 unspecified atom stereocenters. The molecule has 0 aliphatic carbocycles. The molecule has 0 amide bonds. The predicted octanol–water partition coefficient (Wildman–Crippen LogP) is 3.54. The van der Waals surface area contributed by atoms with E-state index in [9.17, 15) is 0 Å². The molecular formula is C15H21ClN4. The fourth-order valence-electron chi connectivity index (χ4n) is 2.39. The smallest absolute Gasteiger partial charge is 0.103 e. The third kappa shape index (κ3) is 3.02. The highest BCUT2D eigenvalue weighted by Crippen LogP contribution is 2.22. The fraction of sp³-hybridized carbons (Fsp3) is 0.467. The van der Waals surface area contributed by atoms with Gasteiger partial charge in [0, 0.05) is 5.02 Å². The Labute approximate surface area is 125 Å². The van der Waals surface area contributed by atoms with Gasteiger partial charge in [0.15, 0.2) is 0 Å². The molecule has 0 aliphatic rings. The van der Waals surface area contributed by atoms with E-state index in [-0.39, 0.29) is 6.04 Å². The van der Waals surface area contributed by atoms with E-state index in [1.165, 1.54) is 0 Å². The Hall–Kier alpha value is -1.39. The van der Waals surface area contributed by atoms with Crippen LogP contribution in [0, 0.1) is 0 Å². The van der Waals surface area contributed by atoms with Gasteiger partial charge in [0.2, 0.25) is 0 Å². The van der Waals surface area contributed by atoms with Crippen LogP contribution in [0.5, 0.6) is 0 Å². The Bertz CT molecular complexity index is 548. The number of hydrogen-bond donors (Lipinski definition) is 1. The van der Waals surface area contributed by atoms with Crippen molar-refractivity contribution in [1.82, 2.24) is 20.3 Å². The van der Waals surface area contributed by atoms with E-state index in [0.717, 1.165) is 41.5 Å². The van der Waals surface area contributed by atoms with Gasteiger partial charge in [-0.25, -0.2) is 4.68 Å². The lowest BCUT2D eigenvalue weighted by Crippen LogP contribution is -2.21. The van der Waals surface area contributed by atoms with Crippen molar-refractivity contribution in [2.75, 3.05) is 6.54 Å². The van der Waals surface area contributed by atoms with Gasteiger partial charge in [0.25, 0.3) is 0 Å². The molecule has 2 rings (SSSR count). The summed E-state index contributed by atoms with van der Waals surface area (Å²) in [4.78, 5) is 0. The predicted molar refractivity (Wildman–Crippen MR) is 82.5 cm³/mol. The Morgan fingerprint density at radius 1 is 1.20 bits per heavy atom. The summed E-state index contributed by atoms with van der Waals surface area (Å²) >= 11 is 5.94. The number of hydrogen-bond acceptors (Lipinski definition) is 3. The molecule has 0 saturated heterocycles. The molecule has 0 bridgehead atoms. The molecule has 1 atom stereocenters. The second-order valence-electron chi connectivity index (χ2n) is 4.68. The lowest BCUT2D eigenvalue weighted by molar-refractivity contribution is 0.520. The van der Waals surface area contributed by atoms with Crippen LogP contribution in [0.15, 0.2) is 24.3 Å². The van der Waals surface area contributed by atoms with Crippen molar-refractivity contribution >= 4 is 11.6 Å². The van der Waals surface area contributed by atoms with Crippen LogP contribution in [0.1, 0.15) is 44.6 Å². The number of rotatable bonds is 6. The maximum absolute atomic E-state index is 5.94. The summed E-state index contributed by atoms with van der Waals surface area (Å²) in [7, 11) is 0. The normalized spacial score (nSPS) is 12.6. The van der Waals surface area contributed by atoms with Gasteiger partial charge in [0.05, 0.1) is 17.4 Å². The van der Waals surface area contributed by atoms with Crippen molar-refractivity contribution in [3.05, 3.63) is 40.7 Å². The first-order valence-electron chi connectivity index (χ1n) is 7.15. The summed E-state index contributed by atoms with van der Waals surface area (Å²) in [6, 6.07) is 7.94. The van der Waals surface area contributed by atoms with Crippen LogP contribution in [0.4, 0.5) is 0 Å². The van der Waals surface area contributed by atoms with Crippen molar-refractivity contribution in [3.63, 3.8) is 0 Å². The van der Waals surface area contributed by atoms with Gasteiger partial charge in [-0.15, -0.1) is 5.10 Å². The zero-order valence-corrected chi connectivity index (χ0v) is 13.0. The zero-order valence-electron chi connectivity index (χ0n) is 12.2. The summed E-state index contributed by atoms with van der Waals surface area (Å²) in [6.07, 6.45) is 1.90. The van der Waals surface area contributed by atoms with Gasteiger partial charge in [-0.05, 0) is 43.7 Å². The highest BCUT2D eigenvalue weighted by Gasteiger charge is 2.19. The van der Waals surface area contributed by atoms with Gasteiger partial charge in [-0.1, -0.05) is 37.6 Å². The molecule has 2 aromatic rings. The van der Waals surface area contributed by atoms with Gasteiger partial charge in [-0.3, -0.25) is 0 Å². The Morgan fingerprint density at radius 3 is 2.45 bits per heavy atom. The van der Waals surface area contributed by atoms with Crippen LogP contribution in [-0.2, 0) is 6.42 Å². The van der Waals surface area contributed by atoms with Gasteiger partial charge in [-0.2, -0.15) is 0 Å². The Morgan fingerprint density at radius 2 is 1.90 bits per heavy atom. The van der Waals surface area contributed by atoms with Crippen molar-refractivity contribution in [2.24, 2.45) is 0 Å². The summed E-state index contributed by atoms with van der Waals surface area (Å²) in [5.41, 5.74) is 3.20. The molecule has 1 aromatic carbocycles.